The van der Waals surface area contributed by atoms with E-state index in [-0.39, 0.29) is 23.2 Å². The molecule has 1 fully saturated rings. The van der Waals surface area contributed by atoms with Gasteiger partial charge in [0.15, 0.2) is 11.6 Å². The molecular formula is C12H16FN3O4. The molecular weight excluding hydrogens is 269 g/mol. The van der Waals surface area contributed by atoms with Crippen molar-refractivity contribution in [2.24, 2.45) is 0 Å². The zero-order valence-corrected chi connectivity index (χ0v) is 11.0. The van der Waals surface area contributed by atoms with Gasteiger partial charge in [-0.3, -0.25) is 10.1 Å². The van der Waals surface area contributed by atoms with Crippen LogP contribution in [0.4, 0.5) is 15.8 Å². The lowest BCUT2D eigenvalue weighted by molar-refractivity contribution is -0.384. The van der Waals surface area contributed by atoms with Crippen molar-refractivity contribution in [2.45, 2.75) is 6.10 Å². The van der Waals surface area contributed by atoms with E-state index in [1.54, 1.807) is 0 Å². The van der Waals surface area contributed by atoms with Crippen molar-refractivity contribution in [3.05, 3.63) is 28.1 Å². The van der Waals surface area contributed by atoms with Crippen LogP contribution in [0, 0.1) is 15.9 Å². The molecule has 1 heterocycles. The molecule has 0 aromatic heterocycles. The Labute approximate surface area is 115 Å². The van der Waals surface area contributed by atoms with Gasteiger partial charge < -0.3 is 20.1 Å². The monoisotopic (exact) mass is 285 g/mol. The van der Waals surface area contributed by atoms with Crippen LogP contribution in [0.5, 0.6) is 5.75 Å². The first-order chi connectivity index (χ1) is 9.61. The van der Waals surface area contributed by atoms with Gasteiger partial charge >= 0.3 is 0 Å². The molecule has 20 heavy (non-hydrogen) atoms. The Kier molecular flexibility index (Phi) is 4.70. The van der Waals surface area contributed by atoms with Crippen molar-refractivity contribution in [2.75, 3.05) is 38.7 Å². The van der Waals surface area contributed by atoms with Gasteiger partial charge in [0.25, 0.3) is 5.69 Å². The fraction of sp³-hybridized carbons (Fsp3) is 0.500. The second-order valence-electron chi connectivity index (χ2n) is 4.34. The molecule has 0 saturated carbocycles. The van der Waals surface area contributed by atoms with Gasteiger partial charge in [-0.2, -0.15) is 0 Å². The van der Waals surface area contributed by atoms with Crippen molar-refractivity contribution < 1.29 is 18.8 Å². The zero-order chi connectivity index (χ0) is 14.5. The summed E-state index contributed by atoms with van der Waals surface area (Å²) in [6.07, 6.45) is -0.0839. The molecule has 8 heteroatoms. The van der Waals surface area contributed by atoms with Gasteiger partial charge in [0.2, 0.25) is 0 Å². The summed E-state index contributed by atoms with van der Waals surface area (Å²) in [6.45, 7) is 2.45. The maximum Gasteiger partial charge on any atom is 0.295 e. The molecule has 1 aliphatic heterocycles. The number of rotatable bonds is 5. The van der Waals surface area contributed by atoms with Gasteiger partial charge in [-0.05, 0) is 0 Å². The van der Waals surface area contributed by atoms with Crippen molar-refractivity contribution in [3.63, 3.8) is 0 Å². The third kappa shape index (κ3) is 3.34. The highest BCUT2D eigenvalue weighted by atomic mass is 19.1. The molecule has 0 aliphatic carbocycles. The highest BCUT2D eigenvalue weighted by molar-refractivity contribution is 5.64. The molecule has 1 aromatic rings. The van der Waals surface area contributed by atoms with Crippen LogP contribution in [0.25, 0.3) is 0 Å². The summed E-state index contributed by atoms with van der Waals surface area (Å²) in [7, 11) is 1.31. The number of nitro benzene ring substituents is 1. The molecule has 7 nitrogen and oxygen atoms in total. The highest BCUT2D eigenvalue weighted by Gasteiger charge is 2.20. The molecule has 0 spiro atoms. The van der Waals surface area contributed by atoms with Gasteiger partial charge in [-0.25, -0.2) is 4.39 Å². The van der Waals surface area contributed by atoms with Gasteiger partial charge in [-0.1, -0.05) is 0 Å². The summed E-state index contributed by atoms with van der Waals surface area (Å²) in [5.74, 6) is -0.805. The Bertz CT molecular complexity index is 492. The van der Waals surface area contributed by atoms with Crippen LogP contribution in [0.15, 0.2) is 12.1 Å². The Hall–Kier alpha value is -1.93. The number of hydrogen-bond donors (Lipinski definition) is 2. The molecule has 0 radical (unpaired) electrons. The normalized spacial score (nSPS) is 18.6. The Morgan fingerprint density at radius 3 is 3.05 bits per heavy atom. The minimum absolute atomic E-state index is 0.0409. The van der Waals surface area contributed by atoms with Crippen LogP contribution in [-0.4, -0.2) is 44.4 Å². The second kappa shape index (κ2) is 6.49. The van der Waals surface area contributed by atoms with E-state index < -0.39 is 10.7 Å². The standard InChI is InChI=1S/C12H16FN3O4/c1-19-12-5-10(11(16(17)18)4-9(12)13)15-7-8-6-14-2-3-20-8/h4-5,8,14-15H,2-3,6-7H2,1H3. The lowest BCUT2D eigenvalue weighted by atomic mass is 10.2. The summed E-state index contributed by atoms with van der Waals surface area (Å²) in [5, 5.41) is 17.0. The van der Waals surface area contributed by atoms with Gasteiger partial charge in [0.1, 0.15) is 5.69 Å². The first-order valence-corrected chi connectivity index (χ1v) is 6.20. The molecule has 2 N–H and O–H groups in total. The predicted octanol–water partition coefficient (Wildman–Crippen LogP) is 1.14. The van der Waals surface area contributed by atoms with Crippen LogP contribution in [0.3, 0.4) is 0 Å². The quantitative estimate of drug-likeness (QED) is 0.623. The molecule has 0 bridgehead atoms. The first-order valence-electron chi connectivity index (χ1n) is 6.20. The summed E-state index contributed by atoms with van der Waals surface area (Å²) in [4.78, 5) is 10.3. The fourth-order valence-corrected chi connectivity index (χ4v) is 1.97. The van der Waals surface area contributed by atoms with E-state index in [1.165, 1.54) is 13.2 Å². The predicted molar refractivity (Wildman–Crippen MR) is 70.7 cm³/mol. The third-order valence-electron chi connectivity index (χ3n) is 2.99. The van der Waals surface area contributed by atoms with E-state index >= 15 is 0 Å². The number of benzene rings is 1. The largest absolute Gasteiger partial charge is 0.494 e. The topological polar surface area (TPSA) is 85.7 Å². The van der Waals surface area contributed by atoms with E-state index in [0.717, 1.165) is 12.6 Å². The summed E-state index contributed by atoms with van der Waals surface area (Å²) >= 11 is 0. The molecule has 1 aliphatic rings. The van der Waals surface area contributed by atoms with Crippen molar-refractivity contribution in [3.8, 4) is 5.75 Å². The zero-order valence-electron chi connectivity index (χ0n) is 11.0. The Morgan fingerprint density at radius 2 is 2.45 bits per heavy atom. The first kappa shape index (κ1) is 14.5. The van der Waals surface area contributed by atoms with E-state index in [2.05, 4.69) is 10.6 Å². The molecule has 1 aromatic carbocycles. The van der Waals surface area contributed by atoms with E-state index in [9.17, 15) is 14.5 Å². The minimum Gasteiger partial charge on any atom is -0.494 e. The number of hydrogen-bond acceptors (Lipinski definition) is 6. The van der Waals surface area contributed by atoms with Crippen LogP contribution >= 0.6 is 0 Å². The SMILES string of the molecule is COc1cc(NCC2CNCCO2)c([N+](=O)[O-])cc1F. The smallest absolute Gasteiger partial charge is 0.295 e. The van der Waals surface area contributed by atoms with E-state index in [1.807, 2.05) is 0 Å². The van der Waals surface area contributed by atoms with Gasteiger partial charge in [0.05, 0.1) is 30.8 Å². The van der Waals surface area contributed by atoms with E-state index in [0.29, 0.717) is 19.7 Å². The maximum absolute atomic E-state index is 13.5. The number of halogens is 1. The number of morpholine rings is 1. The Balaban J connectivity index is 2.13. The number of nitro groups is 1. The Morgan fingerprint density at radius 1 is 1.65 bits per heavy atom. The van der Waals surface area contributed by atoms with Gasteiger partial charge in [0, 0.05) is 25.7 Å². The molecule has 1 unspecified atom stereocenters. The van der Waals surface area contributed by atoms with Crippen molar-refractivity contribution >= 4 is 11.4 Å². The number of nitrogens with one attached hydrogen (secondary N) is 2. The average Bonchev–Trinajstić information content (AvgIpc) is 2.46. The summed E-state index contributed by atoms with van der Waals surface area (Å²) in [6, 6.07) is 2.13. The lowest BCUT2D eigenvalue weighted by Gasteiger charge is -2.24. The highest BCUT2D eigenvalue weighted by Crippen LogP contribution is 2.31. The number of anilines is 1. The minimum atomic E-state index is -0.764. The molecule has 110 valence electrons. The maximum atomic E-state index is 13.5. The van der Waals surface area contributed by atoms with Crippen molar-refractivity contribution in [1.29, 1.82) is 0 Å². The summed E-state index contributed by atoms with van der Waals surface area (Å²) < 4.78 is 23.8. The van der Waals surface area contributed by atoms with Crippen LogP contribution in [0.2, 0.25) is 0 Å². The van der Waals surface area contributed by atoms with Crippen LogP contribution in [0.1, 0.15) is 0 Å². The number of nitrogens with zero attached hydrogens (tertiary/aromatic N) is 1. The molecule has 1 saturated heterocycles. The molecule has 1 atom stereocenters. The third-order valence-corrected chi connectivity index (χ3v) is 2.99. The van der Waals surface area contributed by atoms with Crippen LogP contribution < -0.4 is 15.4 Å². The molecule has 2 rings (SSSR count). The average molecular weight is 285 g/mol. The van der Waals surface area contributed by atoms with Gasteiger partial charge in [-0.15, -0.1) is 0 Å². The van der Waals surface area contributed by atoms with E-state index in [4.69, 9.17) is 9.47 Å². The summed E-state index contributed by atoms with van der Waals surface area (Å²) in [5.41, 5.74) is -0.116. The van der Waals surface area contributed by atoms with Crippen molar-refractivity contribution in [1.82, 2.24) is 5.32 Å². The fourth-order valence-electron chi connectivity index (χ4n) is 1.97. The number of ether oxygens (including phenoxy) is 2. The van der Waals surface area contributed by atoms with Crippen LogP contribution in [-0.2, 0) is 4.74 Å². The second-order valence-corrected chi connectivity index (χ2v) is 4.34. The molecule has 0 amide bonds. The number of methoxy groups -OCH3 is 1. The lowest BCUT2D eigenvalue weighted by Crippen LogP contribution is -2.42.